The average Bonchev–Trinajstić information content (AvgIpc) is 2.46. The van der Waals surface area contributed by atoms with Gasteiger partial charge in [-0.25, -0.2) is 8.42 Å². The molecule has 0 spiro atoms. The molecule has 1 N–H and O–H groups in total. The lowest BCUT2D eigenvalue weighted by atomic mass is 10.1. The second-order valence-electron chi connectivity index (χ2n) is 4.73. The van der Waals surface area contributed by atoms with E-state index < -0.39 is 26.7 Å². The van der Waals surface area contributed by atoms with E-state index in [1.165, 1.54) is 37.3 Å². The van der Waals surface area contributed by atoms with Gasteiger partial charge in [0, 0.05) is 11.3 Å². The first-order chi connectivity index (χ1) is 10.6. The van der Waals surface area contributed by atoms with Gasteiger partial charge < -0.3 is 0 Å². The van der Waals surface area contributed by atoms with Gasteiger partial charge in [-0.1, -0.05) is 12.1 Å². The maximum atomic E-state index is 12.9. The van der Waals surface area contributed by atoms with Crippen LogP contribution in [0.5, 0.6) is 0 Å². The smallest absolute Gasteiger partial charge is 0.295 e. The highest BCUT2D eigenvalue weighted by Crippen LogP contribution is 2.34. The molecule has 0 aliphatic carbocycles. The predicted molar refractivity (Wildman–Crippen MR) is 78.7 cm³/mol. The van der Waals surface area contributed by atoms with E-state index in [1.807, 2.05) is 0 Å². The number of Topliss-reactive ketones (excluding diaryl/α,β-unsaturated/α-hetero) is 1. The van der Waals surface area contributed by atoms with Crippen LogP contribution < -0.4 is 4.72 Å². The Morgan fingerprint density at radius 3 is 2.09 bits per heavy atom. The van der Waals surface area contributed by atoms with Crippen molar-refractivity contribution in [2.75, 3.05) is 4.72 Å². The third-order valence-electron chi connectivity index (χ3n) is 3.03. The van der Waals surface area contributed by atoms with Crippen molar-refractivity contribution in [1.29, 1.82) is 0 Å². The first-order valence-corrected chi connectivity index (χ1v) is 7.89. The second-order valence-corrected chi connectivity index (χ2v) is 6.38. The summed E-state index contributed by atoms with van der Waals surface area (Å²) in [5.74, 6) is -0.207. The van der Waals surface area contributed by atoms with Gasteiger partial charge in [-0.15, -0.1) is 0 Å². The maximum absolute atomic E-state index is 12.9. The number of carbonyl (C=O) groups excluding carboxylic acids is 1. The third-order valence-corrected chi connectivity index (χ3v) is 4.47. The Morgan fingerprint density at radius 2 is 1.57 bits per heavy atom. The molecule has 0 aromatic heterocycles. The molecule has 0 saturated heterocycles. The number of nitrogens with one attached hydrogen (secondary N) is 1. The lowest BCUT2D eigenvalue weighted by Crippen LogP contribution is -2.18. The summed E-state index contributed by atoms with van der Waals surface area (Å²) < 4.78 is 65.3. The third kappa shape index (κ3) is 3.89. The molecule has 0 fully saturated rings. The van der Waals surface area contributed by atoms with Crippen molar-refractivity contribution in [1.82, 2.24) is 0 Å². The molecule has 0 amide bonds. The van der Waals surface area contributed by atoms with Gasteiger partial charge in [0.25, 0.3) is 10.0 Å². The molecular formula is C15H12F3NO3S. The molecule has 8 heteroatoms. The number of hydrogen-bond acceptors (Lipinski definition) is 3. The standard InChI is InChI=1S/C15H12F3NO3S/c1-10(20)11-6-8-12(9-7-11)19-23(21,22)14-5-3-2-4-13(14)15(16,17)18/h2-9,19H,1H3. The van der Waals surface area contributed by atoms with Gasteiger partial charge in [-0.05, 0) is 43.3 Å². The van der Waals surface area contributed by atoms with Crippen LogP contribution in [0.4, 0.5) is 18.9 Å². The molecule has 0 radical (unpaired) electrons. The fourth-order valence-electron chi connectivity index (χ4n) is 1.92. The molecule has 2 aromatic carbocycles. The summed E-state index contributed by atoms with van der Waals surface area (Å²) in [5.41, 5.74) is -0.816. The lowest BCUT2D eigenvalue weighted by Gasteiger charge is -2.14. The van der Waals surface area contributed by atoms with Gasteiger partial charge in [0.05, 0.1) is 10.5 Å². The summed E-state index contributed by atoms with van der Waals surface area (Å²) in [5, 5.41) is 0. The van der Waals surface area contributed by atoms with Crippen molar-refractivity contribution in [3.05, 3.63) is 59.7 Å². The lowest BCUT2D eigenvalue weighted by molar-refractivity contribution is -0.139. The van der Waals surface area contributed by atoms with Crippen molar-refractivity contribution in [3.63, 3.8) is 0 Å². The minimum absolute atomic E-state index is 0.0620. The first-order valence-electron chi connectivity index (χ1n) is 6.41. The molecule has 0 unspecified atom stereocenters. The molecule has 0 heterocycles. The largest absolute Gasteiger partial charge is 0.417 e. The quantitative estimate of drug-likeness (QED) is 0.861. The highest BCUT2D eigenvalue weighted by molar-refractivity contribution is 7.92. The molecule has 0 atom stereocenters. The monoisotopic (exact) mass is 343 g/mol. The van der Waals surface area contributed by atoms with Crippen molar-refractivity contribution in [2.45, 2.75) is 18.0 Å². The predicted octanol–water partition coefficient (Wildman–Crippen LogP) is 3.71. The SMILES string of the molecule is CC(=O)c1ccc(NS(=O)(=O)c2ccccc2C(F)(F)F)cc1. The fourth-order valence-corrected chi connectivity index (χ4v) is 3.21. The normalized spacial score (nSPS) is 12.0. The Balaban J connectivity index is 2.38. The minimum Gasteiger partial charge on any atom is -0.295 e. The summed E-state index contributed by atoms with van der Waals surface area (Å²) in [6, 6.07) is 9.30. The zero-order valence-corrected chi connectivity index (χ0v) is 12.7. The highest BCUT2D eigenvalue weighted by Gasteiger charge is 2.36. The van der Waals surface area contributed by atoms with Crippen molar-refractivity contribution in [3.8, 4) is 0 Å². The van der Waals surface area contributed by atoms with E-state index in [2.05, 4.69) is 4.72 Å². The summed E-state index contributed by atoms with van der Waals surface area (Å²) in [6.45, 7) is 1.35. The van der Waals surface area contributed by atoms with Crippen molar-refractivity contribution >= 4 is 21.5 Å². The van der Waals surface area contributed by atoms with Crippen LogP contribution in [-0.4, -0.2) is 14.2 Å². The van der Waals surface area contributed by atoms with Crippen LogP contribution in [0.3, 0.4) is 0 Å². The Hall–Kier alpha value is -2.35. The molecule has 0 saturated carbocycles. The minimum atomic E-state index is -4.79. The number of sulfonamides is 1. The molecule has 23 heavy (non-hydrogen) atoms. The summed E-state index contributed by atoms with van der Waals surface area (Å²) >= 11 is 0. The average molecular weight is 343 g/mol. The molecule has 0 bridgehead atoms. The van der Waals surface area contributed by atoms with E-state index >= 15 is 0 Å². The number of benzene rings is 2. The van der Waals surface area contributed by atoms with Crippen molar-refractivity contribution in [2.24, 2.45) is 0 Å². The second kappa shape index (κ2) is 6.04. The topological polar surface area (TPSA) is 63.2 Å². The Kier molecular flexibility index (Phi) is 4.46. The number of alkyl halides is 3. The van der Waals surface area contributed by atoms with E-state index in [4.69, 9.17) is 0 Å². The van der Waals surface area contributed by atoms with Gasteiger partial charge in [0.2, 0.25) is 0 Å². The van der Waals surface area contributed by atoms with Gasteiger partial charge in [-0.2, -0.15) is 13.2 Å². The van der Waals surface area contributed by atoms with Crippen LogP contribution in [0.25, 0.3) is 0 Å². The molecule has 0 aliphatic rings. The Morgan fingerprint density at radius 1 is 1.00 bits per heavy atom. The van der Waals surface area contributed by atoms with Gasteiger partial charge in [0.15, 0.2) is 5.78 Å². The number of halogens is 3. The molecule has 4 nitrogen and oxygen atoms in total. The van der Waals surface area contributed by atoms with Gasteiger partial charge in [-0.3, -0.25) is 9.52 Å². The number of rotatable bonds is 4. The summed E-state index contributed by atoms with van der Waals surface area (Å²) in [6.07, 6.45) is -4.79. The van der Waals surface area contributed by atoms with Crippen molar-refractivity contribution < 1.29 is 26.4 Å². The summed E-state index contributed by atoms with van der Waals surface area (Å²) in [7, 11) is -4.42. The number of ketones is 1. The molecular weight excluding hydrogens is 331 g/mol. The van der Waals surface area contributed by atoms with Crippen LogP contribution in [0, 0.1) is 0 Å². The van der Waals surface area contributed by atoms with Crippen LogP contribution in [0.15, 0.2) is 53.4 Å². The molecule has 2 rings (SSSR count). The number of carbonyl (C=O) groups is 1. The summed E-state index contributed by atoms with van der Waals surface area (Å²) in [4.78, 5) is 10.3. The first kappa shape index (κ1) is 17.0. The van der Waals surface area contributed by atoms with Crippen LogP contribution in [-0.2, 0) is 16.2 Å². The van der Waals surface area contributed by atoms with Gasteiger partial charge in [0.1, 0.15) is 0 Å². The Labute approximate surface area is 131 Å². The van der Waals surface area contributed by atoms with Crippen LogP contribution in [0.2, 0.25) is 0 Å². The molecule has 122 valence electrons. The Bertz CT molecular complexity index is 828. The van der Waals surface area contributed by atoms with E-state index in [0.717, 1.165) is 12.1 Å². The molecule has 0 aliphatic heterocycles. The fraction of sp³-hybridized carbons (Fsp3) is 0.133. The van der Waals surface area contributed by atoms with E-state index in [9.17, 15) is 26.4 Å². The zero-order chi connectivity index (χ0) is 17.3. The van der Waals surface area contributed by atoms with Gasteiger partial charge >= 0.3 is 6.18 Å². The van der Waals surface area contributed by atoms with E-state index in [-0.39, 0.29) is 11.5 Å². The van der Waals surface area contributed by atoms with Crippen LogP contribution in [0.1, 0.15) is 22.8 Å². The molecule has 2 aromatic rings. The van der Waals surface area contributed by atoms with E-state index in [0.29, 0.717) is 11.6 Å². The van der Waals surface area contributed by atoms with Crippen LogP contribution >= 0.6 is 0 Å². The number of anilines is 1. The highest BCUT2D eigenvalue weighted by atomic mass is 32.2. The maximum Gasteiger partial charge on any atom is 0.417 e. The zero-order valence-electron chi connectivity index (χ0n) is 11.9. The van der Waals surface area contributed by atoms with E-state index in [1.54, 1.807) is 0 Å². The number of hydrogen-bond donors (Lipinski definition) is 1.